The first kappa shape index (κ1) is 25.9. The maximum atomic E-state index is 13.6. The summed E-state index contributed by atoms with van der Waals surface area (Å²) in [5.41, 5.74) is 3.64. The fourth-order valence-electron chi connectivity index (χ4n) is 4.56. The van der Waals surface area contributed by atoms with Gasteiger partial charge in [-0.1, -0.05) is 86.1 Å². The smallest absolute Gasteiger partial charge is 0.240 e. The average Bonchev–Trinajstić information content (AvgIpc) is 2.93. The lowest BCUT2D eigenvalue weighted by Crippen LogP contribution is -2.54. The van der Waals surface area contributed by atoms with Crippen molar-refractivity contribution in [2.45, 2.75) is 45.3 Å². The third-order valence-corrected chi connectivity index (χ3v) is 6.76. The maximum Gasteiger partial charge on any atom is 0.240 e. The molecule has 0 bridgehead atoms. The summed E-state index contributed by atoms with van der Waals surface area (Å²) in [6.45, 7) is 7.83. The molecule has 0 aliphatic carbocycles. The number of rotatable bonds is 12. The monoisotopic (exact) mass is 485 g/mol. The number of amides is 1. The molecule has 1 heterocycles. The predicted molar refractivity (Wildman–Crippen MR) is 146 cm³/mol. The van der Waals surface area contributed by atoms with Crippen LogP contribution in [0.4, 0.5) is 0 Å². The third kappa shape index (κ3) is 7.94. The molecule has 190 valence electrons. The van der Waals surface area contributed by atoms with Gasteiger partial charge in [0.1, 0.15) is 5.75 Å². The Kier molecular flexibility index (Phi) is 9.95. The Balaban J connectivity index is 1.34. The Morgan fingerprint density at radius 2 is 1.47 bits per heavy atom. The van der Waals surface area contributed by atoms with Crippen molar-refractivity contribution < 1.29 is 9.53 Å². The Hall–Kier alpha value is -3.15. The number of nitrogens with one attached hydrogen (secondary N) is 1. The number of piperazine rings is 1. The average molecular weight is 486 g/mol. The van der Waals surface area contributed by atoms with E-state index < -0.39 is 0 Å². The van der Waals surface area contributed by atoms with Gasteiger partial charge in [-0.05, 0) is 41.7 Å². The van der Waals surface area contributed by atoms with Gasteiger partial charge in [-0.3, -0.25) is 9.69 Å². The molecule has 1 N–H and O–H groups in total. The van der Waals surface area contributed by atoms with Crippen LogP contribution >= 0.6 is 0 Å². The van der Waals surface area contributed by atoms with Crippen molar-refractivity contribution >= 4 is 5.91 Å². The summed E-state index contributed by atoms with van der Waals surface area (Å²) in [4.78, 5) is 18.1. The minimum absolute atomic E-state index is 0.192. The molecule has 0 spiro atoms. The van der Waals surface area contributed by atoms with E-state index in [1.54, 1.807) is 0 Å². The lowest BCUT2D eigenvalue weighted by molar-refractivity contribution is -0.135. The lowest BCUT2D eigenvalue weighted by Gasteiger charge is -2.36. The van der Waals surface area contributed by atoms with Crippen LogP contribution in [0.25, 0.3) is 0 Å². The standard InChI is InChI=1S/C31H39N3O2/c1-2-3-22-36-29-16-14-27(15-17-29)24-32-30(23-26-10-6-4-7-11-26)31(35)34-20-18-33(19-21-34)25-28-12-8-5-9-13-28/h4-17,30,32H,2-3,18-25H2,1H3. The molecule has 36 heavy (non-hydrogen) atoms. The van der Waals surface area contributed by atoms with Crippen LogP contribution in [0, 0.1) is 0 Å². The van der Waals surface area contributed by atoms with E-state index in [4.69, 9.17) is 4.74 Å². The largest absolute Gasteiger partial charge is 0.494 e. The number of carbonyl (C=O) groups excluding carboxylic acids is 1. The molecular formula is C31H39N3O2. The zero-order chi connectivity index (χ0) is 25.0. The second-order valence-corrected chi connectivity index (χ2v) is 9.56. The number of benzene rings is 3. The summed E-state index contributed by atoms with van der Waals surface area (Å²) in [6, 6.07) is 28.8. The molecule has 4 rings (SSSR count). The van der Waals surface area contributed by atoms with Crippen molar-refractivity contribution in [3.63, 3.8) is 0 Å². The fraction of sp³-hybridized carbons (Fsp3) is 0.387. The molecule has 1 atom stereocenters. The van der Waals surface area contributed by atoms with Crippen molar-refractivity contribution in [3.05, 3.63) is 102 Å². The van der Waals surface area contributed by atoms with Gasteiger partial charge in [0.25, 0.3) is 0 Å². The van der Waals surface area contributed by atoms with E-state index in [2.05, 4.69) is 71.7 Å². The number of ether oxygens (including phenoxy) is 1. The van der Waals surface area contributed by atoms with Crippen molar-refractivity contribution in [1.29, 1.82) is 0 Å². The van der Waals surface area contributed by atoms with Crippen LogP contribution in [0.5, 0.6) is 5.75 Å². The Morgan fingerprint density at radius 1 is 0.833 bits per heavy atom. The summed E-state index contributed by atoms with van der Waals surface area (Å²) in [7, 11) is 0. The molecule has 5 heteroatoms. The second-order valence-electron chi connectivity index (χ2n) is 9.56. The summed E-state index contributed by atoms with van der Waals surface area (Å²) in [5.74, 6) is 1.09. The number of unbranched alkanes of at least 4 members (excludes halogenated alkanes) is 1. The van der Waals surface area contributed by atoms with Crippen LogP contribution in [0.2, 0.25) is 0 Å². The normalized spacial score (nSPS) is 15.0. The van der Waals surface area contributed by atoms with Crippen molar-refractivity contribution in [2.75, 3.05) is 32.8 Å². The number of hydrogen-bond donors (Lipinski definition) is 1. The van der Waals surface area contributed by atoms with Crippen LogP contribution in [-0.4, -0.2) is 54.5 Å². The third-order valence-electron chi connectivity index (χ3n) is 6.76. The van der Waals surface area contributed by atoms with Gasteiger partial charge in [0.2, 0.25) is 5.91 Å². The van der Waals surface area contributed by atoms with Gasteiger partial charge in [-0.15, -0.1) is 0 Å². The van der Waals surface area contributed by atoms with Gasteiger partial charge >= 0.3 is 0 Å². The summed E-state index contributed by atoms with van der Waals surface area (Å²) in [5, 5.41) is 3.56. The van der Waals surface area contributed by atoms with E-state index in [0.717, 1.165) is 63.5 Å². The molecular weight excluding hydrogens is 446 g/mol. The first-order valence-corrected chi connectivity index (χ1v) is 13.3. The SMILES string of the molecule is CCCCOc1ccc(CNC(Cc2ccccc2)C(=O)N2CCN(Cc3ccccc3)CC2)cc1. The summed E-state index contributed by atoms with van der Waals surface area (Å²) in [6.07, 6.45) is 2.87. The lowest BCUT2D eigenvalue weighted by atomic mass is 10.0. The second kappa shape index (κ2) is 13.8. The molecule has 5 nitrogen and oxygen atoms in total. The molecule has 0 aromatic heterocycles. The van der Waals surface area contributed by atoms with Gasteiger partial charge in [0, 0.05) is 39.3 Å². The topological polar surface area (TPSA) is 44.8 Å². The van der Waals surface area contributed by atoms with Gasteiger partial charge in [-0.25, -0.2) is 0 Å². The Morgan fingerprint density at radius 3 is 2.11 bits per heavy atom. The number of carbonyl (C=O) groups is 1. The highest BCUT2D eigenvalue weighted by atomic mass is 16.5. The highest BCUT2D eigenvalue weighted by molar-refractivity contribution is 5.82. The maximum absolute atomic E-state index is 13.6. The fourth-order valence-corrected chi connectivity index (χ4v) is 4.56. The molecule has 1 fully saturated rings. The molecule has 0 saturated carbocycles. The molecule has 1 aliphatic heterocycles. The summed E-state index contributed by atoms with van der Waals surface area (Å²) < 4.78 is 5.78. The van der Waals surface area contributed by atoms with E-state index in [1.807, 2.05) is 35.2 Å². The van der Waals surface area contributed by atoms with Crippen LogP contribution in [0.1, 0.15) is 36.5 Å². The van der Waals surface area contributed by atoms with E-state index in [9.17, 15) is 4.79 Å². The van der Waals surface area contributed by atoms with E-state index in [-0.39, 0.29) is 11.9 Å². The van der Waals surface area contributed by atoms with Gasteiger partial charge in [0.15, 0.2) is 0 Å². The van der Waals surface area contributed by atoms with Crippen LogP contribution in [0.15, 0.2) is 84.9 Å². The number of nitrogens with zero attached hydrogens (tertiary/aromatic N) is 2. The quantitative estimate of drug-likeness (QED) is 0.370. The zero-order valence-electron chi connectivity index (χ0n) is 21.4. The molecule has 3 aromatic carbocycles. The van der Waals surface area contributed by atoms with E-state index in [1.165, 1.54) is 11.1 Å². The summed E-state index contributed by atoms with van der Waals surface area (Å²) >= 11 is 0. The van der Waals surface area contributed by atoms with Crippen molar-refractivity contribution in [1.82, 2.24) is 15.1 Å². The minimum Gasteiger partial charge on any atom is -0.494 e. The van der Waals surface area contributed by atoms with Gasteiger partial charge in [-0.2, -0.15) is 0 Å². The van der Waals surface area contributed by atoms with E-state index >= 15 is 0 Å². The molecule has 1 unspecified atom stereocenters. The van der Waals surface area contributed by atoms with Crippen LogP contribution < -0.4 is 10.1 Å². The zero-order valence-corrected chi connectivity index (χ0v) is 21.4. The van der Waals surface area contributed by atoms with Crippen LogP contribution in [-0.2, 0) is 24.3 Å². The molecule has 0 radical (unpaired) electrons. The molecule has 1 amide bonds. The van der Waals surface area contributed by atoms with E-state index in [0.29, 0.717) is 13.0 Å². The van der Waals surface area contributed by atoms with Crippen molar-refractivity contribution in [2.24, 2.45) is 0 Å². The number of hydrogen-bond acceptors (Lipinski definition) is 4. The minimum atomic E-state index is -0.256. The first-order chi connectivity index (χ1) is 17.7. The Bertz CT molecular complexity index is 1030. The van der Waals surface area contributed by atoms with Gasteiger partial charge in [0.05, 0.1) is 12.6 Å². The molecule has 3 aromatic rings. The van der Waals surface area contributed by atoms with Crippen LogP contribution in [0.3, 0.4) is 0 Å². The highest BCUT2D eigenvalue weighted by Crippen LogP contribution is 2.15. The van der Waals surface area contributed by atoms with Gasteiger partial charge < -0.3 is 15.0 Å². The molecule has 1 aliphatic rings. The molecule has 1 saturated heterocycles. The highest BCUT2D eigenvalue weighted by Gasteiger charge is 2.27. The first-order valence-electron chi connectivity index (χ1n) is 13.3. The predicted octanol–water partition coefficient (Wildman–Crippen LogP) is 4.91. The Labute approximate surface area is 216 Å². The van der Waals surface area contributed by atoms with Crippen molar-refractivity contribution in [3.8, 4) is 5.75 Å².